The molecule has 90 valence electrons. The number of rotatable bonds is 5. The molecule has 0 bridgehead atoms. The van der Waals surface area contributed by atoms with Crippen LogP contribution in [0.4, 0.5) is 4.79 Å². The minimum absolute atomic E-state index is 0.249. The van der Waals surface area contributed by atoms with Crippen LogP contribution in [0.25, 0.3) is 0 Å². The summed E-state index contributed by atoms with van der Waals surface area (Å²) in [6, 6.07) is -0.953. The SMILES string of the molecule is COCC(C)NC(=O)NC(=O)/C=C/C(=O)O. The molecule has 0 aliphatic rings. The summed E-state index contributed by atoms with van der Waals surface area (Å²) < 4.78 is 4.77. The number of nitrogens with one attached hydrogen (secondary N) is 2. The van der Waals surface area contributed by atoms with Gasteiger partial charge in [-0.1, -0.05) is 0 Å². The monoisotopic (exact) mass is 230 g/mol. The standard InChI is InChI=1S/C9H14N2O5/c1-6(5-16-2)10-9(15)11-7(12)3-4-8(13)14/h3-4,6H,5H2,1-2H3,(H,13,14)(H2,10,11,12,15)/b4-3+. The average molecular weight is 230 g/mol. The second-order valence-corrected chi connectivity index (χ2v) is 2.99. The lowest BCUT2D eigenvalue weighted by atomic mass is 10.4. The summed E-state index contributed by atoms with van der Waals surface area (Å²) in [5.74, 6) is -2.06. The van der Waals surface area contributed by atoms with Crippen molar-refractivity contribution in [2.45, 2.75) is 13.0 Å². The van der Waals surface area contributed by atoms with Crippen LogP contribution in [0.3, 0.4) is 0 Å². The molecule has 0 aliphatic carbocycles. The van der Waals surface area contributed by atoms with Gasteiger partial charge in [0.25, 0.3) is 5.91 Å². The number of carboxylic acid groups (broad SMARTS) is 1. The average Bonchev–Trinajstić information content (AvgIpc) is 2.14. The molecule has 1 atom stereocenters. The van der Waals surface area contributed by atoms with Crippen molar-refractivity contribution in [3.05, 3.63) is 12.2 Å². The van der Waals surface area contributed by atoms with E-state index >= 15 is 0 Å². The lowest BCUT2D eigenvalue weighted by molar-refractivity contribution is -0.131. The molecule has 1 unspecified atom stereocenters. The number of ether oxygens (including phenoxy) is 1. The predicted molar refractivity (Wildman–Crippen MR) is 54.8 cm³/mol. The smallest absolute Gasteiger partial charge is 0.328 e. The van der Waals surface area contributed by atoms with E-state index in [1.54, 1.807) is 6.92 Å². The Morgan fingerprint density at radius 2 is 2.00 bits per heavy atom. The predicted octanol–water partition coefficient (Wildman–Crippen LogP) is -0.512. The Bertz CT molecular complexity index is 300. The number of carboxylic acids is 1. The van der Waals surface area contributed by atoms with Gasteiger partial charge >= 0.3 is 12.0 Å². The van der Waals surface area contributed by atoms with E-state index in [4.69, 9.17) is 9.84 Å². The summed E-state index contributed by atoms with van der Waals surface area (Å²) in [6.07, 6.45) is 1.39. The number of aliphatic carboxylic acids is 1. The summed E-state index contributed by atoms with van der Waals surface area (Å²) in [5, 5.41) is 12.6. The van der Waals surface area contributed by atoms with Crippen molar-refractivity contribution < 1.29 is 24.2 Å². The van der Waals surface area contributed by atoms with Crippen LogP contribution >= 0.6 is 0 Å². The van der Waals surface area contributed by atoms with Gasteiger partial charge < -0.3 is 15.2 Å². The maximum atomic E-state index is 11.1. The fourth-order valence-corrected chi connectivity index (χ4v) is 0.852. The van der Waals surface area contributed by atoms with Crippen LogP contribution in [-0.4, -0.2) is 42.8 Å². The minimum atomic E-state index is -1.26. The number of hydrogen-bond acceptors (Lipinski definition) is 4. The first kappa shape index (κ1) is 14.1. The molecule has 0 heterocycles. The Hall–Kier alpha value is -1.89. The summed E-state index contributed by atoms with van der Waals surface area (Å²) in [7, 11) is 1.48. The molecular weight excluding hydrogens is 216 g/mol. The number of hydrogen-bond donors (Lipinski definition) is 3. The molecule has 0 aromatic carbocycles. The third-order valence-electron chi connectivity index (χ3n) is 1.41. The van der Waals surface area contributed by atoms with Crippen LogP contribution in [0.1, 0.15) is 6.92 Å². The Morgan fingerprint density at radius 3 is 2.50 bits per heavy atom. The summed E-state index contributed by atoms with van der Waals surface area (Å²) in [5.41, 5.74) is 0. The molecule has 0 fully saturated rings. The highest BCUT2D eigenvalue weighted by molar-refractivity contribution is 6.02. The number of amides is 3. The molecule has 0 aliphatic heterocycles. The van der Waals surface area contributed by atoms with Gasteiger partial charge in [0.05, 0.1) is 12.6 Å². The zero-order chi connectivity index (χ0) is 12.6. The van der Waals surface area contributed by atoms with Crippen molar-refractivity contribution in [3.8, 4) is 0 Å². The highest BCUT2D eigenvalue weighted by Gasteiger charge is 2.08. The van der Waals surface area contributed by atoms with Crippen LogP contribution in [0.15, 0.2) is 12.2 Å². The summed E-state index contributed by atoms with van der Waals surface area (Å²) in [6.45, 7) is 2.01. The van der Waals surface area contributed by atoms with Gasteiger partial charge in [-0.2, -0.15) is 0 Å². The van der Waals surface area contributed by atoms with E-state index < -0.39 is 17.9 Å². The third kappa shape index (κ3) is 7.51. The van der Waals surface area contributed by atoms with Crippen LogP contribution in [-0.2, 0) is 14.3 Å². The number of methoxy groups -OCH3 is 1. The minimum Gasteiger partial charge on any atom is -0.478 e. The van der Waals surface area contributed by atoms with Gasteiger partial charge in [-0.25, -0.2) is 9.59 Å². The molecule has 0 saturated heterocycles. The van der Waals surface area contributed by atoms with Crippen LogP contribution in [0, 0.1) is 0 Å². The van der Waals surface area contributed by atoms with Crippen molar-refractivity contribution in [3.63, 3.8) is 0 Å². The largest absolute Gasteiger partial charge is 0.478 e. The van der Waals surface area contributed by atoms with Crippen molar-refractivity contribution in [2.75, 3.05) is 13.7 Å². The van der Waals surface area contributed by atoms with E-state index in [0.29, 0.717) is 12.7 Å². The number of urea groups is 1. The third-order valence-corrected chi connectivity index (χ3v) is 1.41. The molecular formula is C9H14N2O5. The Balaban J connectivity index is 3.96. The molecule has 3 amide bonds. The lowest BCUT2D eigenvalue weighted by Crippen LogP contribution is -2.44. The number of carbonyl (C=O) groups excluding carboxylic acids is 2. The first-order valence-corrected chi connectivity index (χ1v) is 4.47. The van der Waals surface area contributed by atoms with Gasteiger partial charge in [0, 0.05) is 19.3 Å². The van der Waals surface area contributed by atoms with Crippen molar-refractivity contribution in [2.24, 2.45) is 0 Å². The van der Waals surface area contributed by atoms with Crippen molar-refractivity contribution >= 4 is 17.9 Å². The highest BCUT2D eigenvalue weighted by Crippen LogP contribution is 1.82. The van der Waals surface area contributed by atoms with E-state index in [2.05, 4.69) is 5.32 Å². The molecule has 0 aromatic rings. The molecule has 7 heteroatoms. The van der Waals surface area contributed by atoms with E-state index in [1.807, 2.05) is 5.32 Å². The van der Waals surface area contributed by atoms with Gasteiger partial charge in [0.15, 0.2) is 0 Å². The van der Waals surface area contributed by atoms with Gasteiger partial charge in [-0.3, -0.25) is 10.1 Å². The number of carbonyl (C=O) groups is 3. The molecule has 7 nitrogen and oxygen atoms in total. The molecule has 0 aromatic heterocycles. The van der Waals surface area contributed by atoms with E-state index in [9.17, 15) is 14.4 Å². The zero-order valence-corrected chi connectivity index (χ0v) is 9.02. The Kier molecular flexibility index (Phi) is 6.53. The van der Waals surface area contributed by atoms with Crippen LogP contribution < -0.4 is 10.6 Å². The maximum absolute atomic E-state index is 11.1. The van der Waals surface area contributed by atoms with Crippen molar-refractivity contribution in [1.82, 2.24) is 10.6 Å². The highest BCUT2D eigenvalue weighted by atomic mass is 16.5. The van der Waals surface area contributed by atoms with Gasteiger partial charge in [-0.15, -0.1) is 0 Å². The number of imide groups is 1. The molecule has 0 spiro atoms. The first-order chi connectivity index (χ1) is 7.45. The van der Waals surface area contributed by atoms with E-state index in [0.717, 1.165) is 6.08 Å². The van der Waals surface area contributed by atoms with Crippen LogP contribution in [0.2, 0.25) is 0 Å². The van der Waals surface area contributed by atoms with Gasteiger partial charge in [0.2, 0.25) is 0 Å². The van der Waals surface area contributed by atoms with Gasteiger partial charge in [0.1, 0.15) is 0 Å². The quantitative estimate of drug-likeness (QED) is 0.551. The molecule has 16 heavy (non-hydrogen) atoms. The zero-order valence-electron chi connectivity index (χ0n) is 9.02. The topological polar surface area (TPSA) is 105 Å². The van der Waals surface area contributed by atoms with Gasteiger partial charge in [-0.05, 0) is 6.92 Å². The molecule has 0 saturated carbocycles. The maximum Gasteiger partial charge on any atom is 0.328 e. The van der Waals surface area contributed by atoms with Crippen molar-refractivity contribution in [1.29, 1.82) is 0 Å². The second-order valence-electron chi connectivity index (χ2n) is 2.99. The van der Waals surface area contributed by atoms with E-state index in [-0.39, 0.29) is 6.04 Å². The Morgan fingerprint density at radius 1 is 1.38 bits per heavy atom. The van der Waals surface area contributed by atoms with E-state index in [1.165, 1.54) is 7.11 Å². The lowest BCUT2D eigenvalue weighted by Gasteiger charge is -2.12. The summed E-state index contributed by atoms with van der Waals surface area (Å²) >= 11 is 0. The Labute approximate surface area is 92.5 Å². The fourth-order valence-electron chi connectivity index (χ4n) is 0.852. The van der Waals surface area contributed by atoms with Crippen LogP contribution in [0.5, 0.6) is 0 Å². The fraction of sp³-hybridized carbons (Fsp3) is 0.444. The molecule has 0 rings (SSSR count). The molecule has 3 N–H and O–H groups in total. The second kappa shape index (κ2) is 7.41. The molecule has 0 radical (unpaired) electrons. The summed E-state index contributed by atoms with van der Waals surface area (Å²) in [4.78, 5) is 32.1. The first-order valence-electron chi connectivity index (χ1n) is 4.47. The normalized spacial score (nSPS) is 12.1.